The van der Waals surface area contributed by atoms with Crippen molar-refractivity contribution in [2.45, 2.75) is 25.9 Å². The quantitative estimate of drug-likeness (QED) is 0.348. The molecule has 1 aliphatic rings. The fraction of sp³-hybridized carbons (Fsp3) is 0.333. The van der Waals surface area contributed by atoms with Gasteiger partial charge in [0.15, 0.2) is 0 Å². The molecule has 0 spiro atoms. The van der Waals surface area contributed by atoms with E-state index in [1.807, 2.05) is 17.5 Å². The molecule has 0 unspecified atom stereocenters. The molecule has 1 saturated heterocycles. The van der Waals surface area contributed by atoms with Gasteiger partial charge in [-0.05, 0) is 73.3 Å². The molecule has 37 heavy (non-hydrogen) atoms. The van der Waals surface area contributed by atoms with Crippen LogP contribution in [0.15, 0.2) is 60.0 Å². The molecule has 0 aliphatic carbocycles. The van der Waals surface area contributed by atoms with Crippen molar-refractivity contribution in [1.29, 1.82) is 0 Å². The zero-order valence-corrected chi connectivity index (χ0v) is 21.9. The standard InChI is InChI=1S/C27H29ClF2N4O2S/c28-24-16-22(9-10-25(24)30)31-27(36)33(14-13-32-11-1-2-12-32)19-26(35)34(18-23-4-3-15-37-23)17-20-5-7-21(29)8-6-20/h3-10,15-16H,1-2,11-14,17-19H2,(H,31,36). The first-order valence-electron chi connectivity index (χ1n) is 12.2. The second kappa shape index (κ2) is 13.0. The average Bonchev–Trinajstić information content (AvgIpc) is 3.59. The first kappa shape index (κ1) is 27.0. The summed E-state index contributed by atoms with van der Waals surface area (Å²) in [5, 5.41) is 4.58. The van der Waals surface area contributed by atoms with Gasteiger partial charge < -0.3 is 20.0 Å². The topological polar surface area (TPSA) is 55.9 Å². The monoisotopic (exact) mass is 546 g/mol. The predicted molar refractivity (Wildman–Crippen MR) is 143 cm³/mol. The van der Waals surface area contributed by atoms with Crippen LogP contribution >= 0.6 is 22.9 Å². The van der Waals surface area contributed by atoms with Crippen LogP contribution in [0.4, 0.5) is 19.3 Å². The van der Waals surface area contributed by atoms with Crippen LogP contribution in [-0.2, 0) is 17.9 Å². The number of halogens is 3. The zero-order chi connectivity index (χ0) is 26.2. The smallest absolute Gasteiger partial charge is 0.322 e. The number of nitrogens with one attached hydrogen (secondary N) is 1. The maximum atomic E-state index is 13.6. The van der Waals surface area contributed by atoms with Crippen molar-refractivity contribution >= 4 is 40.6 Å². The second-order valence-corrected chi connectivity index (χ2v) is 10.4. The van der Waals surface area contributed by atoms with Gasteiger partial charge in [-0.25, -0.2) is 13.6 Å². The number of benzene rings is 2. The van der Waals surface area contributed by atoms with Crippen LogP contribution in [-0.4, -0.2) is 59.4 Å². The lowest BCUT2D eigenvalue weighted by Gasteiger charge is -2.29. The number of likely N-dealkylation sites (tertiary alicyclic amines) is 1. The van der Waals surface area contributed by atoms with E-state index in [1.165, 1.54) is 35.2 Å². The first-order chi connectivity index (χ1) is 17.9. The van der Waals surface area contributed by atoms with Crippen molar-refractivity contribution in [3.8, 4) is 0 Å². The Morgan fingerprint density at radius 1 is 1.00 bits per heavy atom. The van der Waals surface area contributed by atoms with E-state index in [0.29, 0.717) is 25.3 Å². The molecule has 0 radical (unpaired) electrons. The average molecular weight is 547 g/mol. The molecule has 1 aromatic heterocycles. The van der Waals surface area contributed by atoms with E-state index in [1.54, 1.807) is 28.4 Å². The fourth-order valence-electron chi connectivity index (χ4n) is 4.19. The number of carbonyl (C=O) groups is 2. The molecular weight excluding hydrogens is 518 g/mol. The Labute approximate surface area is 224 Å². The van der Waals surface area contributed by atoms with Crippen LogP contribution in [0.2, 0.25) is 5.02 Å². The number of carbonyl (C=O) groups excluding carboxylic acids is 2. The summed E-state index contributed by atoms with van der Waals surface area (Å²) in [6.07, 6.45) is 2.23. The van der Waals surface area contributed by atoms with E-state index < -0.39 is 11.8 Å². The molecule has 196 valence electrons. The van der Waals surface area contributed by atoms with E-state index in [0.717, 1.165) is 36.4 Å². The fourth-order valence-corrected chi connectivity index (χ4v) is 5.09. The molecule has 1 aliphatic heterocycles. The van der Waals surface area contributed by atoms with E-state index in [9.17, 15) is 18.4 Å². The van der Waals surface area contributed by atoms with Crippen molar-refractivity contribution in [2.24, 2.45) is 0 Å². The Kier molecular flexibility index (Phi) is 9.49. The normalized spacial score (nSPS) is 13.5. The number of anilines is 1. The third-order valence-corrected chi connectivity index (χ3v) is 7.39. The van der Waals surface area contributed by atoms with Gasteiger partial charge in [0.05, 0.1) is 11.6 Å². The SMILES string of the molecule is O=C(CN(CCN1CCCC1)C(=O)Nc1ccc(F)c(Cl)c1)N(Cc1ccc(F)cc1)Cc1cccs1. The van der Waals surface area contributed by atoms with E-state index >= 15 is 0 Å². The molecule has 10 heteroatoms. The van der Waals surface area contributed by atoms with Gasteiger partial charge in [0.1, 0.15) is 18.2 Å². The summed E-state index contributed by atoms with van der Waals surface area (Å²) in [5.74, 6) is -1.15. The van der Waals surface area contributed by atoms with Crippen LogP contribution in [0.3, 0.4) is 0 Å². The van der Waals surface area contributed by atoms with Crippen molar-refractivity contribution < 1.29 is 18.4 Å². The summed E-state index contributed by atoms with van der Waals surface area (Å²) in [6.45, 7) is 3.46. The van der Waals surface area contributed by atoms with E-state index in [-0.39, 0.29) is 29.8 Å². The molecule has 0 saturated carbocycles. The lowest BCUT2D eigenvalue weighted by atomic mass is 10.2. The van der Waals surface area contributed by atoms with Crippen LogP contribution in [0, 0.1) is 11.6 Å². The molecular formula is C27H29ClF2N4O2S. The van der Waals surface area contributed by atoms with Gasteiger partial charge in [0, 0.05) is 30.2 Å². The summed E-state index contributed by atoms with van der Waals surface area (Å²) in [7, 11) is 0. The van der Waals surface area contributed by atoms with Gasteiger partial charge in [0.2, 0.25) is 5.91 Å². The number of rotatable bonds is 10. The van der Waals surface area contributed by atoms with Crippen molar-refractivity contribution in [3.63, 3.8) is 0 Å². The Morgan fingerprint density at radius 3 is 2.43 bits per heavy atom. The minimum atomic E-state index is -0.578. The summed E-state index contributed by atoms with van der Waals surface area (Å²) < 4.78 is 27.0. The highest BCUT2D eigenvalue weighted by Crippen LogP contribution is 2.20. The molecule has 3 aromatic rings. The third-order valence-electron chi connectivity index (χ3n) is 6.24. The maximum absolute atomic E-state index is 13.6. The zero-order valence-electron chi connectivity index (χ0n) is 20.3. The largest absolute Gasteiger partial charge is 0.332 e. The summed E-state index contributed by atoms with van der Waals surface area (Å²) in [5.41, 5.74) is 1.14. The highest BCUT2D eigenvalue weighted by molar-refractivity contribution is 7.09. The number of amides is 3. The Balaban J connectivity index is 1.49. The van der Waals surface area contributed by atoms with Crippen LogP contribution in [0.5, 0.6) is 0 Å². The predicted octanol–water partition coefficient (Wildman–Crippen LogP) is 5.84. The van der Waals surface area contributed by atoms with E-state index in [4.69, 9.17) is 11.6 Å². The minimum Gasteiger partial charge on any atom is -0.332 e. The number of urea groups is 1. The Hall–Kier alpha value is -3.01. The van der Waals surface area contributed by atoms with Crippen molar-refractivity contribution in [1.82, 2.24) is 14.7 Å². The highest BCUT2D eigenvalue weighted by atomic mass is 35.5. The van der Waals surface area contributed by atoms with Gasteiger partial charge in [-0.15, -0.1) is 11.3 Å². The van der Waals surface area contributed by atoms with Gasteiger partial charge in [-0.1, -0.05) is 29.8 Å². The van der Waals surface area contributed by atoms with E-state index in [2.05, 4.69) is 10.2 Å². The lowest BCUT2D eigenvalue weighted by molar-refractivity contribution is -0.133. The molecule has 1 N–H and O–H groups in total. The molecule has 2 heterocycles. The minimum absolute atomic E-state index is 0.0982. The molecule has 6 nitrogen and oxygen atoms in total. The molecule has 4 rings (SSSR count). The molecule has 0 bridgehead atoms. The summed E-state index contributed by atoms with van der Waals surface area (Å²) >= 11 is 7.42. The Morgan fingerprint density at radius 2 is 1.76 bits per heavy atom. The van der Waals surface area contributed by atoms with Crippen molar-refractivity contribution in [3.05, 3.63) is 87.1 Å². The van der Waals surface area contributed by atoms with Gasteiger partial charge in [-0.2, -0.15) is 0 Å². The number of thiophene rings is 1. The molecule has 3 amide bonds. The van der Waals surface area contributed by atoms with Gasteiger partial charge in [0.25, 0.3) is 0 Å². The molecule has 0 atom stereocenters. The number of hydrogen-bond donors (Lipinski definition) is 1. The van der Waals surface area contributed by atoms with Crippen LogP contribution in [0.1, 0.15) is 23.3 Å². The first-order valence-corrected chi connectivity index (χ1v) is 13.4. The lowest BCUT2D eigenvalue weighted by Crippen LogP contribution is -2.46. The maximum Gasteiger partial charge on any atom is 0.322 e. The van der Waals surface area contributed by atoms with Gasteiger partial charge >= 0.3 is 6.03 Å². The summed E-state index contributed by atoms with van der Waals surface area (Å²) in [6, 6.07) is 13.4. The van der Waals surface area contributed by atoms with Crippen LogP contribution < -0.4 is 5.32 Å². The van der Waals surface area contributed by atoms with Gasteiger partial charge in [-0.3, -0.25) is 4.79 Å². The molecule has 1 fully saturated rings. The molecule has 2 aromatic carbocycles. The third kappa shape index (κ3) is 7.99. The van der Waals surface area contributed by atoms with Crippen molar-refractivity contribution in [2.75, 3.05) is 38.0 Å². The van der Waals surface area contributed by atoms with Crippen LogP contribution in [0.25, 0.3) is 0 Å². The second-order valence-electron chi connectivity index (χ2n) is 8.98. The Bertz CT molecular complexity index is 1190. The summed E-state index contributed by atoms with van der Waals surface area (Å²) in [4.78, 5) is 33.2. The highest BCUT2D eigenvalue weighted by Gasteiger charge is 2.24. The number of nitrogens with zero attached hydrogens (tertiary/aromatic N) is 3. The number of hydrogen-bond acceptors (Lipinski definition) is 4.